The van der Waals surface area contributed by atoms with Gasteiger partial charge in [0.15, 0.2) is 0 Å². The van der Waals surface area contributed by atoms with Gasteiger partial charge in [-0.25, -0.2) is 9.78 Å². The van der Waals surface area contributed by atoms with Crippen LogP contribution < -0.4 is 4.74 Å². The highest BCUT2D eigenvalue weighted by Gasteiger charge is 2.24. The minimum Gasteiger partial charge on any atom is -0.478 e. The molecular formula is C27H27ClN2O4. The Bertz CT molecular complexity index is 1280. The molecule has 0 fully saturated rings. The molecule has 1 unspecified atom stereocenters. The highest BCUT2D eigenvalue weighted by Crippen LogP contribution is 2.29. The van der Waals surface area contributed by atoms with E-state index in [0.717, 1.165) is 41.4 Å². The molecule has 176 valence electrons. The third-order valence-electron chi connectivity index (χ3n) is 5.80. The van der Waals surface area contributed by atoms with Crippen molar-refractivity contribution >= 4 is 28.3 Å². The van der Waals surface area contributed by atoms with Gasteiger partial charge in [0.1, 0.15) is 22.4 Å². The molecule has 2 N–H and O–H groups in total. The zero-order chi connectivity index (χ0) is 24.1. The summed E-state index contributed by atoms with van der Waals surface area (Å²) in [6.07, 6.45) is 1.66. The number of aryl methyl sites for hydroxylation is 1. The number of halogens is 1. The minimum absolute atomic E-state index is 0.206. The zero-order valence-electron chi connectivity index (χ0n) is 18.9. The summed E-state index contributed by atoms with van der Waals surface area (Å²) in [6.45, 7) is 2.41. The fraction of sp³-hybridized carbons (Fsp3) is 0.259. The van der Waals surface area contributed by atoms with Crippen molar-refractivity contribution in [3.63, 3.8) is 0 Å². The molecule has 3 aromatic carbocycles. The van der Waals surface area contributed by atoms with E-state index in [9.17, 15) is 15.0 Å². The number of fused-ring (bicyclic) bond motifs is 1. The number of aliphatic hydroxyl groups excluding tert-OH is 1. The molecule has 0 radical (unpaired) electrons. The van der Waals surface area contributed by atoms with Crippen LogP contribution >= 0.6 is 11.6 Å². The standard InChI is InChI=1S/C27H27ClN2O4/c1-2-3-11-24-29-23(17-31)26(28)30(24)16-18-12-14-20(15-13-18)34-25(27(32)33)22-10-6-8-19-7-4-5-9-21(19)22/h4-10,12-15,25,31H,2-3,11,16-17H2,1H3,(H,32,33). The molecule has 0 spiro atoms. The highest BCUT2D eigenvalue weighted by molar-refractivity contribution is 6.30. The molecule has 0 aliphatic rings. The van der Waals surface area contributed by atoms with Crippen LogP contribution in [0.5, 0.6) is 5.75 Å². The zero-order valence-corrected chi connectivity index (χ0v) is 19.7. The summed E-state index contributed by atoms with van der Waals surface area (Å²) in [5.74, 6) is 0.254. The van der Waals surface area contributed by atoms with Crippen molar-refractivity contribution in [2.75, 3.05) is 0 Å². The molecule has 0 saturated heterocycles. The second kappa shape index (κ2) is 10.7. The maximum absolute atomic E-state index is 12.1. The molecule has 1 heterocycles. The number of aliphatic hydroxyl groups is 1. The Kier molecular flexibility index (Phi) is 7.50. The van der Waals surface area contributed by atoms with Crippen LogP contribution in [0.4, 0.5) is 0 Å². The molecule has 0 amide bonds. The Balaban J connectivity index is 1.56. The number of ether oxygens (including phenoxy) is 1. The number of nitrogens with zero attached hydrogens (tertiary/aromatic N) is 2. The quantitative estimate of drug-likeness (QED) is 0.302. The molecule has 34 heavy (non-hydrogen) atoms. The van der Waals surface area contributed by atoms with Gasteiger partial charge in [0.05, 0.1) is 13.2 Å². The van der Waals surface area contributed by atoms with Crippen LogP contribution in [0.1, 0.15) is 48.5 Å². The van der Waals surface area contributed by atoms with E-state index in [1.54, 1.807) is 18.2 Å². The number of hydrogen-bond acceptors (Lipinski definition) is 4. The van der Waals surface area contributed by atoms with Gasteiger partial charge in [0.25, 0.3) is 0 Å². The van der Waals surface area contributed by atoms with Crippen LogP contribution in [0.15, 0.2) is 66.7 Å². The fourth-order valence-corrected chi connectivity index (χ4v) is 4.30. The van der Waals surface area contributed by atoms with Crippen molar-refractivity contribution in [1.29, 1.82) is 0 Å². The lowest BCUT2D eigenvalue weighted by molar-refractivity contribution is -0.145. The number of aliphatic carboxylic acids is 1. The van der Waals surface area contributed by atoms with Gasteiger partial charge < -0.3 is 19.5 Å². The van der Waals surface area contributed by atoms with Crippen LogP contribution in [-0.4, -0.2) is 25.7 Å². The lowest BCUT2D eigenvalue weighted by atomic mass is 10.0. The number of unbranched alkanes of at least 4 members (excludes halogenated alkanes) is 1. The van der Waals surface area contributed by atoms with Gasteiger partial charge in [-0.1, -0.05) is 79.5 Å². The first kappa shape index (κ1) is 23.8. The molecule has 0 aliphatic carbocycles. The smallest absolute Gasteiger partial charge is 0.349 e. The third kappa shape index (κ3) is 5.08. The van der Waals surface area contributed by atoms with Gasteiger partial charge >= 0.3 is 5.97 Å². The number of carbonyl (C=O) groups is 1. The van der Waals surface area contributed by atoms with E-state index in [4.69, 9.17) is 16.3 Å². The van der Waals surface area contributed by atoms with E-state index in [0.29, 0.717) is 28.7 Å². The van der Waals surface area contributed by atoms with Crippen molar-refractivity contribution in [2.45, 2.75) is 45.4 Å². The van der Waals surface area contributed by atoms with E-state index < -0.39 is 12.1 Å². The average molecular weight is 479 g/mol. The van der Waals surface area contributed by atoms with Crippen LogP contribution in [0.25, 0.3) is 10.8 Å². The molecule has 1 aromatic heterocycles. The van der Waals surface area contributed by atoms with E-state index in [-0.39, 0.29) is 6.61 Å². The van der Waals surface area contributed by atoms with Crippen molar-refractivity contribution in [3.05, 3.63) is 94.5 Å². The number of carboxylic acid groups (broad SMARTS) is 1. The maximum Gasteiger partial charge on any atom is 0.349 e. The molecule has 6 nitrogen and oxygen atoms in total. The summed E-state index contributed by atoms with van der Waals surface area (Å²) >= 11 is 6.46. The SMILES string of the molecule is CCCCc1nc(CO)c(Cl)n1Cc1ccc(OC(C(=O)O)c2cccc3ccccc23)cc1. The first-order valence-electron chi connectivity index (χ1n) is 11.3. The minimum atomic E-state index is -1.13. The third-order valence-corrected chi connectivity index (χ3v) is 6.22. The Morgan fingerprint density at radius 2 is 1.82 bits per heavy atom. The number of imidazole rings is 1. The molecule has 4 aromatic rings. The van der Waals surface area contributed by atoms with Crippen molar-refractivity contribution < 1.29 is 19.7 Å². The normalized spacial score (nSPS) is 12.1. The largest absolute Gasteiger partial charge is 0.478 e. The molecule has 0 aliphatic heterocycles. The number of rotatable bonds is 10. The molecule has 4 rings (SSSR count). The number of hydrogen-bond donors (Lipinski definition) is 2. The second-order valence-corrected chi connectivity index (χ2v) is 8.52. The maximum atomic E-state index is 12.1. The van der Waals surface area contributed by atoms with Gasteiger partial charge in [-0.3, -0.25) is 0 Å². The average Bonchev–Trinajstić information content (AvgIpc) is 3.16. The van der Waals surface area contributed by atoms with Gasteiger partial charge in [0.2, 0.25) is 6.10 Å². The summed E-state index contributed by atoms with van der Waals surface area (Å²) < 4.78 is 7.83. The topological polar surface area (TPSA) is 84.6 Å². The van der Waals surface area contributed by atoms with Crippen molar-refractivity contribution in [1.82, 2.24) is 9.55 Å². The monoisotopic (exact) mass is 478 g/mol. The molecule has 1 atom stereocenters. The fourth-order valence-electron chi connectivity index (χ4n) is 4.04. The van der Waals surface area contributed by atoms with Gasteiger partial charge in [-0.2, -0.15) is 0 Å². The lowest BCUT2D eigenvalue weighted by Gasteiger charge is -2.18. The summed E-state index contributed by atoms with van der Waals surface area (Å²) in [4.78, 5) is 16.6. The van der Waals surface area contributed by atoms with Crippen molar-refractivity contribution in [2.24, 2.45) is 0 Å². The Morgan fingerprint density at radius 1 is 1.09 bits per heavy atom. The van der Waals surface area contributed by atoms with Crippen LogP contribution in [-0.2, 0) is 24.4 Å². The summed E-state index contributed by atoms with van der Waals surface area (Å²) in [5.41, 5.74) is 2.05. The molecular weight excluding hydrogens is 452 g/mol. The van der Waals surface area contributed by atoms with E-state index in [1.165, 1.54) is 0 Å². The Labute approximate surface area is 203 Å². The predicted octanol–water partition coefficient (Wildman–Crippen LogP) is 5.78. The van der Waals surface area contributed by atoms with Crippen LogP contribution in [0.2, 0.25) is 5.15 Å². The van der Waals surface area contributed by atoms with Crippen LogP contribution in [0.3, 0.4) is 0 Å². The van der Waals surface area contributed by atoms with Gasteiger partial charge in [0, 0.05) is 12.0 Å². The van der Waals surface area contributed by atoms with E-state index in [1.807, 2.05) is 53.1 Å². The number of benzene rings is 3. The predicted molar refractivity (Wildman–Crippen MR) is 132 cm³/mol. The molecule has 7 heteroatoms. The number of aromatic nitrogens is 2. The van der Waals surface area contributed by atoms with Crippen LogP contribution in [0, 0.1) is 0 Å². The lowest BCUT2D eigenvalue weighted by Crippen LogP contribution is -2.18. The molecule has 0 saturated carbocycles. The summed E-state index contributed by atoms with van der Waals surface area (Å²) in [5, 5.41) is 21.7. The van der Waals surface area contributed by atoms with E-state index >= 15 is 0 Å². The van der Waals surface area contributed by atoms with E-state index in [2.05, 4.69) is 11.9 Å². The Hall–Kier alpha value is -3.35. The highest BCUT2D eigenvalue weighted by atomic mass is 35.5. The molecule has 0 bridgehead atoms. The van der Waals surface area contributed by atoms with Gasteiger partial charge in [-0.05, 0) is 34.9 Å². The number of carboxylic acids is 1. The first-order valence-corrected chi connectivity index (χ1v) is 11.7. The van der Waals surface area contributed by atoms with Gasteiger partial charge in [-0.15, -0.1) is 0 Å². The summed E-state index contributed by atoms with van der Waals surface area (Å²) in [7, 11) is 0. The summed E-state index contributed by atoms with van der Waals surface area (Å²) in [6, 6.07) is 20.5. The van der Waals surface area contributed by atoms with Crippen molar-refractivity contribution in [3.8, 4) is 5.75 Å². The Morgan fingerprint density at radius 3 is 2.53 bits per heavy atom. The second-order valence-electron chi connectivity index (χ2n) is 8.16. The first-order chi connectivity index (χ1) is 16.5.